The van der Waals surface area contributed by atoms with Crippen LogP contribution in [0.4, 0.5) is 5.69 Å². The van der Waals surface area contributed by atoms with E-state index in [0.717, 1.165) is 17.7 Å². The largest absolute Gasteiger partial charge is 0.354 e. The van der Waals surface area contributed by atoms with Crippen LogP contribution in [0.15, 0.2) is 23.1 Å². The van der Waals surface area contributed by atoms with Gasteiger partial charge in [-0.1, -0.05) is 24.9 Å². The first kappa shape index (κ1) is 16.2. The van der Waals surface area contributed by atoms with Gasteiger partial charge in [0.1, 0.15) is 0 Å². The molecule has 2 atom stereocenters. The molecule has 0 saturated carbocycles. The van der Waals surface area contributed by atoms with Gasteiger partial charge in [0.25, 0.3) is 0 Å². The third kappa shape index (κ3) is 4.38. The Hall–Kier alpha value is -1.20. The first-order valence-corrected chi connectivity index (χ1v) is 8.31. The molecule has 0 bridgehead atoms. The monoisotopic (exact) mass is 326 g/mol. The van der Waals surface area contributed by atoms with Crippen molar-refractivity contribution in [1.82, 2.24) is 5.32 Å². The van der Waals surface area contributed by atoms with Crippen LogP contribution in [-0.4, -0.2) is 23.1 Å². The topological polar surface area (TPSA) is 58.2 Å². The summed E-state index contributed by atoms with van der Waals surface area (Å²) in [5.41, 5.74) is 0.716. The van der Waals surface area contributed by atoms with Gasteiger partial charge >= 0.3 is 0 Å². The molecule has 6 heteroatoms. The van der Waals surface area contributed by atoms with Gasteiger partial charge in [-0.2, -0.15) is 0 Å². The maximum atomic E-state index is 12.1. The SMILES string of the molecule is CCC[C@@H](C)NC(=O)C[C@H]1Sc2ccc(Cl)cc2NC1=O. The van der Waals surface area contributed by atoms with Crippen molar-refractivity contribution in [2.24, 2.45) is 0 Å². The van der Waals surface area contributed by atoms with Crippen molar-refractivity contribution in [3.8, 4) is 0 Å². The molecule has 4 nitrogen and oxygen atoms in total. The molecule has 0 spiro atoms. The van der Waals surface area contributed by atoms with E-state index >= 15 is 0 Å². The Morgan fingerprint density at radius 2 is 2.29 bits per heavy atom. The zero-order valence-corrected chi connectivity index (χ0v) is 13.7. The predicted molar refractivity (Wildman–Crippen MR) is 86.9 cm³/mol. The lowest BCUT2D eigenvalue weighted by Gasteiger charge is -2.24. The highest BCUT2D eigenvalue weighted by Gasteiger charge is 2.29. The number of hydrogen-bond acceptors (Lipinski definition) is 3. The Balaban J connectivity index is 1.97. The zero-order chi connectivity index (χ0) is 15.4. The molecule has 0 aliphatic carbocycles. The number of fused-ring (bicyclic) bond motifs is 1. The lowest BCUT2D eigenvalue weighted by molar-refractivity contribution is -0.124. The maximum Gasteiger partial charge on any atom is 0.238 e. The molecule has 0 unspecified atom stereocenters. The zero-order valence-electron chi connectivity index (χ0n) is 12.1. The fourth-order valence-electron chi connectivity index (χ4n) is 2.26. The van der Waals surface area contributed by atoms with E-state index in [-0.39, 0.29) is 24.3 Å². The third-order valence-corrected chi connectivity index (χ3v) is 4.77. The van der Waals surface area contributed by atoms with Crippen LogP contribution in [0.1, 0.15) is 33.1 Å². The van der Waals surface area contributed by atoms with E-state index in [1.807, 2.05) is 13.0 Å². The van der Waals surface area contributed by atoms with Gasteiger partial charge in [0.05, 0.1) is 10.9 Å². The number of anilines is 1. The lowest BCUT2D eigenvalue weighted by atomic mass is 10.2. The molecule has 114 valence electrons. The van der Waals surface area contributed by atoms with Gasteiger partial charge in [0.15, 0.2) is 0 Å². The molecule has 21 heavy (non-hydrogen) atoms. The van der Waals surface area contributed by atoms with E-state index in [1.54, 1.807) is 12.1 Å². The number of nitrogens with one attached hydrogen (secondary N) is 2. The van der Waals surface area contributed by atoms with Crippen molar-refractivity contribution in [3.63, 3.8) is 0 Å². The van der Waals surface area contributed by atoms with Crippen LogP contribution in [0.3, 0.4) is 0 Å². The van der Waals surface area contributed by atoms with Gasteiger partial charge in [-0.25, -0.2) is 0 Å². The second-order valence-corrected chi connectivity index (χ2v) is 6.88. The molecule has 1 aliphatic rings. The summed E-state index contributed by atoms with van der Waals surface area (Å²) in [5.74, 6) is -0.228. The minimum atomic E-state index is -0.396. The van der Waals surface area contributed by atoms with Crippen LogP contribution >= 0.6 is 23.4 Å². The first-order chi connectivity index (χ1) is 9.99. The number of amides is 2. The summed E-state index contributed by atoms with van der Waals surface area (Å²) in [6, 6.07) is 5.52. The Kier molecular flexibility index (Phi) is 5.53. The number of rotatable bonds is 5. The minimum Gasteiger partial charge on any atom is -0.354 e. The normalized spacial score (nSPS) is 18.6. The molecular weight excluding hydrogens is 308 g/mol. The van der Waals surface area contributed by atoms with Crippen LogP contribution in [0.25, 0.3) is 0 Å². The predicted octanol–water partition coefficient (Wildman–Crippen LogP) is 3.45. The molecule has 1 aromatic carbocycles. The average Bonchev–Trinajstić information content (AvgIpc) is 2.40. The fourth-order valence-corrected chi connectivity index (χ4v) is 3.53. The summed E-state index contributed by atoms with van der Waals surface area (Å²) >= 11 is 7.32. The molecule has 2 N–H and O–H groups in total. The van der Waals surface area contributed by atoms with Gasteiger partial charge in [-0.3, -0.25) is 9.59 Å². The molecule has 0 aromatic heterocycles. The van der Waals surface area contributed by atoms with Crippen LogP contribution in [0.2, 0.25) is 5.02 Å². The average molecular weight is 327 g/mol. The molecule has 1 heterocycles. The molecule has 1 aliphatic heterocycles. The van der Waals surface area contributed by atoms with Gasteiger partial charge in [-0.15, -0.1) is 11.8 Å². The van der Waals surface area contributed by atoms with Crippen LogP contribution in [0, 0.1) is 0 Å². The summed E-state index contributed by atoms with van der Waals surface area (Å²) in [4.78, 5) is 25.0. The quantitative estimate of drug-likeness (QED) is 0.871. The Labute approximate surface area is 134 Å². The summed E-state index contributed by atoms with van der Waals surface area (Å²) in [6.45, 7) is 4.06. The molecule has 2 rings (SSSR count). The van der Waals surface area contributed by atoms with E-state index in [0.29, 0.717) is 10.7 Å². The summed E-state index contributed by atoms with van der Waals surface area (Å²) in [7, 11) is 0. The highest BCUT2D eigenvalue weighted by Crippen LogP contribution is 2.38. The van der Waals surface area contributed by atoms with E-state index < -0.39 is 5.25 Å². The van der Waals surface area contributed by atoms with E-state index in [2.05, 4.69) is 17.6 Å². The minimum absolute atomic E-state index is 0.0824. The maximum absolute atomic E-state index is 12.1. The molecule has 1 aromatic rings. The van der Waals surface area contributed by atoms with E-state index in [4.69, 9.17) is 11.6 Å². The second kappa shape index (κ2) is 7.18. The smallest absolute Gasteiger partial charge is 0.238 e. The summed E-state index contributed by atoms with van der Waals surface area (Å²) in [6.07, 6.45) is 2.15. The van der Waals surface area contributed by atoms with Gasteiger partial charge < -0.3 is 10.6 Å². The van der Waals surface area contributed by atoms with Crippen LogP contribution < -0.4 is 10.6 Å². The number of benzene rings is 1. The van der Waals surface area contributed by atoms with Crippen molar-refractivity contribution in [1.29, 1.82) is 0 Å². The van der Waals surface area contributed by atoms with Gasteiger partial charge in [0, 0.05) is 22.4 Å². The standard InChI is InChI=1S/C15H19ClN2O2S/c1-3-4-9(2)17-14(19)8-13-15(20)18-11-7-10(16)5-6-12(11)21-13/h5-7,9,13H,3-4,8H2,1-2H3,(H,17,19)(H,18,20)/t9-,13-/m1/s1. The lowest BCUT2D eigenvalue weighted by Crippen LogP contribution is -2.38. The Bertz CT molecular complexity index is 550. The van der Waals surface area contributed by atoms with Gasteiger partial charge in [0.2, 0.25) is 11.8 Å². The van der Waals surface area contributed by atoms with E-state index in [9.17, 15) is 9.59 Å². The number of hydrogen-bond donors (Lipinski definition) is 2. The van der Waals surface area contributed by atoms with E-state index in [1.165, 1.54) is 11.8 Å². The third-order valence-electron chi connectivity index (χ3n) is 3.26. The number of carbonyl (C=O) groups is 2. The highest BCUT2D eigenvalue weighted by molar-refractivity contribution is 8.01. The number of thioether (sulfide) groups is 1. The fraction of sp³-hybridized carbons (Fsp3) is 0.467. The summed E-state index contributed by atoms with van der Waals surface area (Å²) in [5, 5.41) is 5.93. The second-order valence-electron chi connectivity index (χ2n) is 5.20. The van der Waals surface area contributed by atoms with Crippen molar-refractivity contribution < 1.29 is 9.59 Å². The molecule has 2 amide bonds. The number of carbonyl (C=O) groups excluding carboxylic acids is 2. The molecule has 0 saturated heterocycles. The van der Waals surface area contributed by atoms with Crippen molar-refractivity contribution in [2.75, 3.05) is 5.32 Å². The van der Waals surface area contributed by atoms with Crippen molar-refractivity contribution >= 4 is 40.9 Å². The Morgan fingerprint density at radius 1 is 1.52 bits per heavy atom. The molecule has 0 radical (unpaired) electrons. The first-order valence-electron chi connectivity index (χ1n) is 7.06. The van der Waals surface area contributed by atoms with Crippen LogP contribution in [0.5, 0.6) is 0 Å². The highest BCUT2D eigenvalue weighted by atomic mass is 35.5. The molecular formula is C15H19ClN2O2S. The Morgan fingerprint density at radius 3 is 3.00 bits per heavy atom. The van der Waals surface area contributed by atoms with Crippen molar-refractivity contribution in [3.05, 3.63) is 23.2 Å². The number of halogens is 1. The summed E-state index contributed by atoms with van der Waals surface area (Å²) < 4.78 is 0. The van der Waals surface area contributed by atoms with Crippen LogP contribution in [-0.2, 0) is 9.59 Å². The van der Waals surface area contributed by atoms with Gasteiger partial charge in [-0.05, 0) is 31.5 Å². The molecule has 0 fully saturated rings. The van der Waals surface area contributed by atoms with Crippen molar-refractivity contribution in [2.45, 2.75) is 49.3 Å².